The summed E-state index contributed by atoms with van der Waals surface area (Å²) in [5.74, 6) is 0.927. The molecule has 0 radical (unpaired) electrons. The summed E-state index contributed by atoms with van der Waals surface area (Å²) in [5, 5.41) is 6.45. The number of aromatic nitrogens is 2. The fourth-order valence-electron chi connectivity index (χ4n) is 1.83. The van der Waals surface area contributed by atoms with Gasteiger partial charge in [-0.1, -0.05) is 35.5 Å². The Hall–Kier alpha value is -2.21. The van der Waals surface area contributed by atoms with Crippen LogP contribution in [0.1, 0.15) is 17.3 Å². The molecular weight excluding hydrogens is 256 g/mol. The number of nitrogens with zero attached hydrogens (tertiary/aromatic N) is 2. The highest BCUT2D eigenvalue weighted by Crippen LogP contribution is 2.02. The van der Waals surface area contributed by atoms with Crippen LogP contribution >= 0.6 is 0 Å². The third-order valence-electron chi connectivity index (χ3n) is 2.84. The van der Waals surface area contributed by atoms with Gasteiger partial charge >= 0.3 is 0 Å². The quantitative estimate of drug-likeness (QED) is 0.804. The van der Waals surface area contributed by atoms with Crippen LogP contribution < -0.4 is 11.1 Å². The van der Waals surface area contributed by atoms with Gasteiger partial charge in [0.15, 0.2) is 5.82 Å². The molecule has 106 valence electrons. The summed E-state index contributed by atoms with van der Waals surface area (Å²) >= 11 is 0. The minimum absolute atomic E-state index is 0.176. The molecular formula is C14H18N4O2. The minimum atomic E-state index is -0.554. The Bertz CT molecular complexity index is 553. The predicted octanol–water partition coefficient (Wildman–Crippen LogP) is 0.607. The van der Waals surface area contributed by atoms with E-state index < -0.39 is 6.04 Å². The first-order chi connectivity index (χ1) is 9.65. The van der Waals surface area contributed by atoms with E-state index in [1.165, 1.54) is 0 Å². The number of hydrogen-bond acceptors (Lipinski definition) is 5. The normalized spacial score (nSPS) is 12.1. The highest BCUT2D eigenvalue weighted by Gasteiger charge is 2.13. The summed E-state index contributed by atoms with van der Waals surface area (Å²) in [7, 11) is 0. The lowest BCUT2D eigenvalue weighted by molar-refractivity contribution is -0.122. The summed E-state index contributed by atoms with van der Waals surface area (Å²) in [5.41, 5.74) is 6.91. The van der Waals surface area contributed by atoms with Crippen LogP contribution in [0.25, 0.3) is 0 Å². The molecule has 0 bridgehead atoms. The number of hydrogen-bond donors (Lipinski definition) is 2. The highest BCUT2D eigenvalue weighted by atomic mass is 16.5. The van der Waals surface area contributed by atoms with Crippen LogP contribution in [0.5, 0.6) is 0 Å². The monoisotopic (exact) mass is 274 g/mol. The maximum atomic E-state index is 11.8. The zero-order chi connectivity index (χ0) is 14.4. The van der Waals surface area contributed by atoms with E-state index in [9.17, 15) is 4.79 Å². The van der Waals surface area contributed by atoms with Gasteiger partial charge in [0.1, 0.15) is 0 Å². The van der Waals surface area contributed by atoms with Gasteiger partial charge in [-0.3, -0.25) is 4.79 Å². The molecule has 1 atom stereocenters. The molecule has 1 heterocycles. The SMILES string of the molecule is Cc1noc(CCNC(=O)C(N)Cc2ccccc2)n1. The number of rotatable bonds is 6. The van der Waals surface area contributed by atoms with Gasteiger partial charge in [-0.2, -0.15) is 4.98 Å². The Morgan fingerprint density at radius 3 is 2.80 bits per heavy atom. The van der Waals surface area contributed by atoms with Crippen molar-refractivity contribution < 1.29 is 9.32 Å². The molecule has 1 unspecified atom stereocenters. The summed E-state index contributed by atoms with van der Waals surface area (Å²) in [6.45, 7) is 2.18. The smallest absolute Gasteiger partial charge is 0.237 e. The minimum Gasteiger partial charge on any atom is -0.354 e. The average molecular weight is 274 g/mol. The molecule has 3 N–H and O–H groups in total. The first-order valence-electron chi connectivity index (χ1n) is 6.51. The van der Waals surface area contributed by atoms with Crippen molar-refractivity contribution in [1.29, 1.82) is 0 Å². The maximum Gasteiger partial charge on any atom is 0.237 e. The molecule has 0 saturated heterocycles. The molecule has 2 rings (SSSR count). The Kier molecular flexibility index (Phi) is 4.84. The Morgan fingerprint density at radius 2 is 2.15 bits per heavy atom. The second-order valence-electron chi connectivity index (χ2n) is 4.57. The van der Waals surface area contributed by atoms with Gasteiger partial charge in [-0.25, -0.2) is 0 Å². The molecule has 0 spiro atoms. The van der Waals surface area contributed by atoms with Crippen LogP contribution in [0.4, 0.5) is 0 Å². The average Bonchev–Trinajstić information content (AvgIpc) is 2.85. The van der Waals surface area contributed by atoms with Crippen LogP contribution in [0.2, 0.25) is 0 Å². The predicted molar refractivity (Wildman–Crippen MR) is 73.9 cm³/mol. The third kappa shape index (κ3) is 4.17. The number of aryl methyl sites for hydroxylation is 1. The number of benzene rings is 1. The lowest BCUT2D eigenvalue weighted by Crippen LogP contribution is -2.42. The first kappa shape index (κ1) is 14.2. The molecule has 0 fully saturated rings. The summed E-state index contributed by atoms with van der Waals surface area (Å²) in [4.78, 5) is 15.9. The third-order valence-corrected chi connectivity index (χ3v) is 2.84. The van der Waals surface area contributed by atoms with Crippen LogP contribution in [0.3, 0.4) is 0 Å². The van der Waals surface area contributed by atoms with Crippen molar-refractivity contribution in [2.75, 3.05) is 6.54 Å². The van der Waals surface area contributed by atoms with Crippen molar-refractivity contribution in [2.45, 2.75) is 25.8 Å². The topological polar surface area (TPSA) is 94.0 Å². The fourth-order valence-corrected chi connectivity index (χ4v) is 1.83. The Labute approximate surface area is 117 Å². The molecule has 2 aromatic rings. The van der Waals surface area contributed by atoms with E-state index in [0.29, 0.717) is 31.1 Å². The van der Waals surface area contributed by atoms with Gasteiger partial charge in [-0.15, -0.1) is 0 Å². The van der Waals surface area contributed by atoms with Gasteiger partial charge in [0.05, 0.1) is 6.04 Å². The molecule has 20 heavy (non-hydrogen) atoms. The van der Waals surface area contributed by atoms with Crippen molar-refractivity contribution in [3.63, 3.8) is 0 Å². The van der Waals surface area contributed by atoms with Crippen molar-refractivity contribution in [1.82, 2.24) is 15.5 Å². The highest BCUT2D eigenvalue weighted by molar-refractivity contribution is 5.81. The van der Waals surface area contributed by atoms with Crippen molar-refractivity contribution >= 4 is 5.91 Å². The van der Waals surface area contributed by atoms with E-state index in [1.807, 2.05) is 30.3 Å². The van der Waals surface area contributed by atoms with Gasteiger partial charge in [0, 0.05) is 13.0 Å². The van der Waals surface area contributed by atoms with Crippen LogP contribution in [0, 0.1) is 6.92 Å². The maximum absolute atomic E-state index is 11.8. The number of carbonyl (C=O) groups excluding carboxylic acids is 1. The summed E-state index contributed by atoms with van der Waals surface area (Å²) in [6, 6.07) is 9.14. The number of amides is 1. The first-order valence-corrected chi connectivity index (χ1v) is 6.51. The van der Waals surface area contributed by atoms with E-state index in [-0.39, 0.29) is 5.91 Å². The summed E-state index contributed by atoms with van der Waals surface area (Å²) < 4.78 is 4.96. The molecule has 1 aromatic heterocycles. The second kappa shape index (κ2) is 6.81. The van der Waals surface area contributed by atoms with Crippen molar-refractivity contribution in [3.05, 3.63) is 47.6 Å². The van der Waals surface area contributed by atoms with E-state index in [1.54, 1.807) is 6.92 Å². The molecule has 0 aliphatic heterocycles. The molecule has 0 saturated carbocycles. The van der Waals surface area contributed by atoms with E-state index >= 15 is 0 Å². The second-order valence-corrected chi connectivity index (χ2v) is 4.57. The molecule has 6 heteroatoms. The lowest BCUT2D eigenvalue weighted by Gasteiger charge is -2.11. The zero-order valence-corrected chi connectivity index (χ0v) is 11.4. The lowest BCUT2D eigenvalue weighted by atomic mass is 10.1. The van der Waals surface area contributed by atoms with Crippen LogP contribution in [-0.2, 0) is 17.6 Å². The molecule has 6 nitrogen and oxygen atoms in total. The van der Waals surface area contributed by atoms with E-state index in [0.717, 1.165) is 5.56 Å². The fraction of sp³-hybridized carbons (Fsp3) is 0.357. The number of nitrogens with two attached hydrogens (primary N) is 1. The number of nitrogens with one attached hydrogen (secondary N) is 1. The molecule has 0 aliphatic rings. The van der Waals surface area contributed by atoms with E-state index in [4.69, 9.17) is 10.3 Å². The van der Waals surface area contributed by atoms with Crippen LogP contribution in [-0.4, -0.2) is 28.6 Å². The van der Waals surface area contributed by atoms with Crippen LogP contribution in [0.15, 0.2) is 34.9 Å². The van der Waals surface area contributed by atoms with Crippen molar-refractivity contribution in [2.24, 2.45) is 5.73 Å². The summed E-state index contributed by atoms with van der Waals surface area (Å²) in [6.07, 6.45) is 1.02. The zero-order valence-electron chi connectivity index (χ0n) is 11.4. The largest absolute Gasteiger partial charge is 0.354 e. The number of carbonyl (C=O) groups is 1. The molecule has 1 amide bonds. The Morgan fingerprint density at radius 1 is 1.40 bits per heavy atom. The van der Waals surface area contributed by atoms with Gasteiger partial charge in [0.2, 0.25) is 11.8 Å². The molecule has 1 aromatic carbocycles. The Balaban J connectivity index is 1.74. The van der Waals surface area contributed by atoms with Gasteiger partial charge < -0.3 is 15.6 Å². The van der Waals surface area contributed by atoms with Gasteiger partial charge in [-0.05, 0) is 18.9 Å². The standard InChI is InChI=1S/C14H18N4O2/c1-10-17-13(20-18-10)7-8-16-14(19)12(15)9-11-5-3-2-4-6-11/h2-6,12H,7-9,15H2,1H3,(H,16,19). The van der Waals surface area contributed by atoms with E-state index in [2.05, 4.69) is 15.5 Å². The van der Waals surface area contributed by atoms with Gasteiger partial charge in [0.25, 0.3) is 0 Å². The molecule has 0 aliphatic carbocycles. The van der Waals surface area contributed by atoms with Crippen molar-refractivity contribution in [3.8, 4) is 0 Å².